The molecule has 0 fully saturated rings. The smallest absolute Gasteiger partial charge is 0.341 e. The minimum absolute atomic E-state index is 0.132. The van der Waals surface area contributed by atoms with Crippen LogP contribution in [0.3, 0.4) is 0 Å². The van der Waals surface area contributed by atoms with E-state index in [1.807, 2.05) is 0 Å². The summed E-state index contributed by atoms with van der Waals surface area (Å²) in [5.74, 6) is -2.43. The van der Waals surface area contributed by atoms with Crippen LogP contribution in [0.1, 0.15) is 17.3 Å². The average Bonchev–Trinajstić information content (AvgIpc) is 2.46. The number of fused-ring (bicyclic) bond motifs is 1. The van der Waals surface area contributed by atoms with Crippen molar-refractivity contribution in [3.63, 3.8) is 0 Å². The highest BCUT2D eigenvalue weighted by Gasteiger charge is 2.22. The number of carboxylic acid groups (broad SMARTS) is 1. The molecule has 0 bridgehead atoms. The van der Waals surface area contributed by atoms with Gasteiger partial charge in [0.2, 0.25) is 5.43 Å². The second-order valence-electron chi connectivity index (χ2n) is 4.28. The summed E-state index contributed by atoms with van der Waals surface area (Å²) in [6.45, 7) is 2.12. The molecule has 0 atom stereocenters. The summed E-state index contributed by atoms with van der Waals surface area (Å²) in [6.07, 6.45) is 1.19. The van der Waals surface area contributed by atoms with Crippen LogP contribution in [0.2, 0.25) is 0 Å². The number of aryl methyl sites for hydroxylation is 1. The van der Waals surface area contributed by atoms with Crippen molar-refractivity contribution < 1.29 is 23.8 Å². The molecular formula is C14H14FNO5. The second-order valence-corrected chi connectivity index (χ2v) is 4.28. The minimum Gasteiger partial charge on any atom is -0.493 e. The molecule has 7 heteroatoms. The van der Waals surface area contributed by atoms with E-state index in [0.29, 0.717) is 6.54 Å². The Kier molecular flexibility index (Phi) is 3.84. The number of hydrogen-bond acceptors (Lipinski definition) is 4. The van der Waals surface area contributed by atoms with Crippen molar-refractivity contribution in [1.29, 1.82) is 0 Å². The average molecular weight is 295 g/mol. The van der Waals surface area contributed by atoms with Crippen molar-refractivity contribution in [3.8, 4) is 11.5 Å². The number of halogens is 1. The Balaban J connectivity index is 3.05. The molecular weight excluding hydrogens is 281 g/mol. The molecule has 2 rings (SSSR count). The molecule has 0 amide bonds. The third-order valence-electron chi connectivity index (χ3n) is 3.23. The van der Waals surface area contributed by atoms with Gasteiger partial charge in [0.1, 0.15) is 5.56 Å². The number of aromatic nitrogens is 1. The summed E-state index contributed by atoms with van der Waals surface area (Å²) in [5.41, 5.74) is -1.13. The zero-order valence-corrected chi connectivity index (χ0v) is 11.8. The number of nitrogens with zero attached hydrogens (tertiary/aromatic N) is 1. The summed E-state index contributed by atoms with van der Waals surface area (Å²) in [6, 6.07) is 1.45. The quantitative estimate of drug-likeness (QED) is 0.931. The number of hydrogen-bond donors (Lipinski definition) is 1. The Morgan fingerprint density at radius 2 is 2.05 bits per heavy atom. The zero-order valence-electron chi connectivity index (χ0n) is 11.8. The SMILES string of the molecule is CCn1cc(C(=O)O)c(=O)c2c(F)c(OC)c(OC)cc21. The fourth-order valence-electron chi connectivity index (χ4n) is 2.21. The molecule has 0 saturated carbocycles. The summed E-state index contributed by atoms with van der Waals surface area (Å²) < 4.78 is 26.0. The van der Waals surface area contributed by atoms with E-state index in [0.717, 1.165) is 0 Å². The molecule has 1 heterocycles. The summed E-state index contributed by atoms with van der Waals surface area (Å²) in [7, 11) is 2.59. The fraction of sp³-hybridized carbons (Fsp3) is 0.286. The van der Waals surface area contributed by atoms with E-state index in [1.54, 1.807) is 6.92 Å². The molecule has 6 nitrogen and oxygen atoms in total. The molecule has 2 aromatic rings. The van der Waals surface area contributed by atoms with Gasteiger partial charge in [-0.05, 0) is 6.92 Å². The van der Waals surface area contributed by atoms with Crippen LogP contribution in [0.4, 0.5) is 4.39 Å². The van der Waals surface area contributed by atoms with Crippen LogP contribution in [-0.4, -0.2) is 29.9 Å². The maximum atomic E-state index is 14.5. The Morgan fingerprint density at radius 3 is 2.52 bits per heavy atom. The lowest BCUT2D eigenvalue weighted by Gasteiger charge is -2.15. The summed E-state index contributed by atoms with van der Waals surface area (Å²) in [4.78, 5) is 23.3. The molecule has 0 radical (unpaired) electrons. The van der Waals surface area contributed by atoms with E-state index in [-0.39, 0.29) is 22.4 Å². The zero-order chi connectivity index (χ0) is 15.7. The van der Waals surface area contributed by atoms with Crippen LogP contribution in [0.5, 0.6) is 11.5 Å². The number of carbonyl (C=O) groups is 1. The van der Waals surface area contributed by atoms with Gasteiger partial charge in [0.15, 0.2) is 17.3 Å². The van der Waals surface area contributed by atoms with Gasteiger partial charge in [-0.15, -0.1) is 0 Å². The third kappa shape index (κ3) is 2.20. The molecule has 0 aliphatic carbocycles. The van der Waals surface area contributed by atoms with Gasteiger partial charge in [-0.25, -0.2) is 9.18 Å². The molecule has 21 heavy (non-hydrogen) atoms. The topological polar surface area (TPSA) is 77.8 Å². The molecule has 0 spiro atoms. The number of rotatable bonds is 4. The Labute approximate surface area is 119 Å². The van der Waals surface area contributed by atoms with Crippen LogP contribution < -0.4 is 14.9 Å². The minimum atomic E-state index is -1.40. The van der Waals surface area contributed by atoms with E-state index in [9.17, 15) is 14.0 Å². The van der Waals surface area contributed by atoms with Crippen molar-refractivity contribution in [2.45, 2.75) is 13.5 Å². The van der Waals surface area contributed by atoms with E-state index < -0.39 is 22.8 Å². The molecule has 1 aromatic heterocycles. The number of pyridine rings is 1. The first kappa shape index (κ1) is 14.8. The van der Waals surface area contributed by atoms with Gasteiger partial charge in [-0.2, -0.15) is 0 Å². The third-order valence-corrected chi connectivity index (χ3v) is 3.23. The lowest BCUT2D eigenvalue weighted by molar-refractivity contribution is 0.0695. The monoisotopic (exact) mass is 295 g/mol. The van der Waals surface area contributed by atoms with Crippen molar-refractivity contribution in [2.75, 3.05) is 14.2 Å². The first-order chi connectivity index (χ1) is 9.96. The van der Waals surface area contributed by atoms with Gasteiger partial charge in [-0.1, -0.05) is 0 Å². The van der Waals surface area contributed by atoms with Crippen LogP contribution in [0.25, 0.3) is 10.9 Å². The van der Waals surface area contributed by atoms with Gasteiger partial charge in [0.25, 0.3) is 0 Å². The van der Waals surface area contributed by atoms with Gasteiger partial charge in [0.05, 0.1) is 25.1 Å². The van der Waals surface area contributed by atoms with E-state index >= 15 is 0 Å². The number of carboxylic acids is 1. The predicted octanol–water partition coefficient (Wildman–Crippen LogP) is 1.88. The first-order valence-electron chi connectivity index (χ1n) is 6.17. The summed E-state index contributed by atoms with van der Waals surface area (Å²) >= 11 is 0. The highest BCUT2D eigenvalue weighted by Crippen LogP contribution is 2.35. The van der Waals surface area contributed by atoms with E-state index in [2.05, 4.69) is 0 Å². The molecule has 0 aliphatic heterocycles. The van der Waals surface area contributed by atoms with Crippen molar-refractivity contribution >= 4 is 16.9 Å². The predicted molar refractivity (Wildman–Crippen MR) is 73.9 cm³/mol. The fourth-order valence-corrected chi connectivity index (χ4v) is 2.21. The Morgan fingerprint density at radius 1 is 1.38 bits per heavy atom. The van der Waals surface area contributed by atoms with Crippen LogP contribution in [-0.2, 0) is 6.54 Å². The Hall–Kier alpha value is -2.57. The highest BCUT2D eigenvalue weighted by atomic mass is 19.1. The molecule has 112 valence electrons. The van der Waals surface area contributed by atoms with Crippen molar-refractivity contribution in [1.82, 2.24) is 4.57 Å². The number of ether oxygens (including phenoxy) is 2. The molecule has 0 unspecified atom stereocenters. The maximum absolute atomic E-state index is 14.5. The number of aromatic carboxylic acids is 1. The summed E-state index contributed by atoms with van der Waals surface area (Å²) in [5, 5.41) is 8.75. The van der Waals surface area contributed by atoms with Gasteiger partial charge >= 0.3 is 5.97 Å². The molecule has 1 N–H and O–H groups in total. The lowest BCUT2D eigenvalue weighted by Crippen LogP contribution is -2.20. The molecule has 1 aromatic carbocycles. The molecule has 0 saturated heterocycles. The number of benzene rings is 1. The normalized spacial score (nSPS) is 10.7. The van der Waals surface area contributed by atoms with E-state index in [1.165, 1.54) is 31.0 Å². The van der Waals surface area contributed by atoms with Gasteiger partial charge < -0.3 is 19.1 Å². The van der Waals surface area contributed by atoms with Gasteiger partial charge in [-0.3, -0.25) is 4.79 Å². The standard InChI is InChI=1S/C14H14FNO5/c1-4-16-6-7(14(18)19)12(17)10-8(16)5-9(20-2)13(21-3)11(10)15/h5-6H,4H2,1-3H3,(H,18,19). The largest absolute Gasteiger partial charge is 0.493 e. The highest BCUT2D eigenvalue weighted by molar-refractivity contribution is 5.93. The second kappa shape index (κ2) is 5.43. The van der Waals surface area contributed by atoms with Crippen LogP contribution in [0, 0.1) is 5.82 Å². The Bertz CT molecular complexity index is 781. The number of methoxy groups -OCH3 is 2. The van der Waals surface area contributed by atoms with Crippen molar-refractivity contribution in [2.24, 2.45) is 0 Å². The van der Waals surface area contributed by atoms with Gasteiger partial charge in [0, 0.05) is 18.8 Å². The van der Waals surface area contributed by atoms with Crippen LogP contribution >= 0.6 is 0 Å². The first-order valence-corrected chi connectivity index (χ1v) is 6.17. The van der Waals surface area contributed by atoms with Crippen molar-refractivity contribution in [3.05, 3.63) is 33.9 Å². The lowest BCUT2D eigenvalue weighted by atomic mass is 10.1. The van der Waals surface area contributed by atoms with Crippen LogP contribution in [0.15, 0.2) is 17.1 Å². The van der Waals surface area contributed by atoms with E-state index in [4.69, 9.17) is 14.6 Å². The maximum Gasteiger partial charge on any atom is 0.341 e. The molecule has 0 aliphatic rings.